The first-order valence-corrected chi connectivity index (χ1v) is 9.36. The van der Waals surface area contributed by atoms with Crippen molar-refractivity contribution in [2.24, 2.45) is 0 Å². The fraction of sp³-hybridized carbons (Fsp3) is 0.450. The summed E-state index contributed by atoms with van der Waals surface area (Å²) >= 11 is 0. The van der Waals surface area contributed by atoms with Crippen LogP contribution in [0.25, 0.3) is 11.3 Å². The van der Waals surface area contributed by atoms with Crippen molar-refractivity contribution in [2.75, 3.05) is 26.8 Å². The third-order valence-corrected chi connectivity index (χ3v) is 4.88. The molecule has 3 heterocycles. The maximum atomic E-state index is 5.55. The molecule has 4 rings (SSSR count). The van der Waals surface area contributed by atoms with Gasteiger partial charge in [-0.15, -0.1) is 0 Å². The topological polar surface area (TPSA) is 77.4 Å². The molecule has 0 N–H and O–H groups in total. The number of benzene rings is 1. The Labute approximate surface area is 158 Å². The van der Waals surface area contributed by atoms with Gasteiger partial charge in [-0.05, 0) is 19.4 Å². The van der Waals surface area contributed by atoms with Crippen LogP contribution in [0, 0.1) is 0 Å². The quantitative estimate of drug-likeness (QED) is 0.633. The second-order valence-electron chi connectivity index (χ2n) is 6.91. The van der Waals surface area contributed by atoms with Crippen molar-refractivity contribution >= 4 is 0 Å². The SMILES string of the molecule is COCCc1noc([C@@H]2CCCN(Cc3cc(-c4ccccc4)no3)C2)n1. The number of methoxy groups -OCH3 is 1. The Morgan fingerprint density at radius 3 is 2.93 bits per heavy atom. The van der Waals surface area contributed by atoms with Crippen LogP contribution in [0.3, 0.4) is 0 Å². The Morgan fingerprint density at radius 2 is 2.07 bits per heavy atom. The lowest BCUT2D eigenvalue weighted by atomic mass is 9.98. The molecule has 0 unspecified atom stereocenters. The summed E-state index contributed by atoms with van der Waals surface area (Å²) in [6, 6.07) is 12.1. The molecule has 0 bridgehead atoms. The standard InChI is InChI=1S/C20H24N4O3/c1-25-11-9-19-21-20(27-23-19)16-8-5-10-24(13-16)14-17-12-18(22-26-17)15-6-3-2-4-7-15/h2-4,6-7,12,16H,5,8-11,13-14H2,1H3/t16-/m1/s1. The third kappa shape index (κ3) is 4.43. The molecular formula is C20H24N4O3. The molecule has 0 saturated carbocycles. The normalized spacial score (nSPS) is 18.0. The van der Waals surface area contributed by atoms with E-state index in [1.807, 2.05) is 36.4 Å². The van der Waals surface area contributed by atoms with E-state index in [0.29, 0.717) is 18.9 Å². The Hall–Kier alpha value is -2.51. The highest BCUT2D eigenvalue weighted by Gasteiger charge is 2.26. The van der Waals surface area contributed by atoms with Crippen LogP contribution in [0.5, 0.6) is 0 Å². The van der Waals surface area contributed by atoms with E-state index >= 15 is 0 Å². The fourth-order valence-corrected chi connectivity index (χ4v) is 3.48. The summed E-state index contributed by atoms with van der Waals surface area (Å²) in [7, 11) is 1.67. The molecule has 1 atom stereocenters. The molecule has 1 aliphatic rings. The second kappa shape index (κ2) is 8.45. The predicted molar refractivity (Wildman–Crippen MR) is 99.1 cm³/mol. The number of likely N-dealkylation sites (tertiary alicyclic amines) is 1. The van der Waals surface area contributed by atoms with Gasteiger partial charge in [0.05, 0.1) is 19.1 Å². The zero-order valence-electron chi connectivity index (χ0n) is 15.5. The molecule has 1 fully saturated rings. The lowest BCUT2D eigenvalue weighted by molar-refractivity contribution is 0.164. The van der Waals surface area contributed by atoms with Crippen molar-refractivity contribution in [3.63, 3.8) is 0 Å². The minimum Gasteiger partial charge on any atom is -0.384 e. The number of nitrogens with zero attached hydrogens (tertiary/aromatic N) is 4. The number of ether oxygens (including phenoxy) is 1. The highest BCUT2D eigenvalue weighted by molar-refractivity contribution is 5.58. The fourth-order valence-electron chi connectivity index (χ4n) is 3.48. The average molecular weight is 368 g/mol. The summed E-state index contributed by atoms with van der Waals surface area (Å²) in [6.07, 6.45) is 2.84. The number of hydrogen-bond acceptors (Lipinski definition) is 7. The van der Waals surface area contributed by atoms with E-state index in [-0.39, 0.29) is 5.92 Å². The van der Waals surface area contributed by atoms with Gasteiger partial charge in [0.2, 0.25) is 5.89 Å². The van der Waals surface area contributed by atoms with Crippen LogP contribution >= 0.6 is 0 Å². The van der Waals surface area contributed by atoms with Gasteiger partial charge in [-0.1, -0.05) is 40.6 Å². The molecule has 2 aromatic heterocycles. The van der Waals surface area contributed by atoms with E-state index in [2.05, 4.69) is 20.2 Å². The number of hydrogen-bond donors (Lipinski definition) is 0. The van der Waals surface area contributed by atoms with Crippen molar-refractivity contribution in [3.05, 3.63) is 53.9 Å². The van der Waals surface area contributed by atoms with Crippen molar-refractivity contribution < 1.29 is 13.8 Å². The van der Waals surface area contributed by atoms with Gasteiger partial charge >= 0.3 is 0 Å². The largest absolute Gasteiger partial charge is 0.384 e. The smallest absolute Gasteiger partial charge is 0.231 e. The molecule has 0 spiro atoms. The Balaban J connectivity index is 1.37. The van der Waals surface area contributed by atoms with E-state index in [9.17, 15) is 0 Å². The van der Waals surface area contributed by atoms with Crippen LogP contribution in [-0.4, -0.2) is 47.0 Å². The van der Waals surface area contributed by atoms with Crippen LogP contribution in [-0.2, 0) is 17.7 Å². The highest BCUT2D eigenvalue weighted by atomic mass is 16.5. The third-order valence-electron chi connectivity index (χ3n) is 4.88. The Kier molecular flexibility index (Phi) is 5.60. The van der Waals surface area contributed by atoms with Gasteiger partial charge in [0.15, 0.2) is 11.6 Å². The first-order valence-electron chi connectivity index (χ1n) is 9.36. The van der Waals surface area contributed by atoms with Crippen molar-refractivity contribution in [2.45, 2.75) is 31.7 Å². The lowest BCUT2D eigenvalue weighted by Crippen LogP contribution is -2.33. The molecule has 0 amide bonds. The summed E-state index contributed by atoms with van der Waals surface area (Å²) in [4.78, 5) is 6.90. The maximum absolute atomic E-state index is 5.55. The molecule has 0 aliphatic carbocycles. The average Bonchev–Trinajstić information content (AvgIpc) is 3.37. The van der Waals surface area contributed by atoms with Gasteiger partial charge in [0.1, 0.15) is 5.69 Å². The van der Waals surface area contributed by atoms with Crippen LogP contribution < -0.4 is 0 Å². The summed E-state index contributed by atoms with van der Waals surface area (Å²) in [5.74, 6) is 2.58. The summed E-state index contributed by atoms with van der Waals surface area (Å²) in [5, 5.41) is 8.27. The van der Waals surface area contributed by atoms with E-state index in [1.165, 1.54) is 0 Å². The van der Waals surface area contributed by atoms with E-state index in [1.54, 1.807) is 7.11 Å². The van der Waals surface area contributed by atoms with E-state index in [0.717, 1.165) is 55.4 Å². The first kappa shape index (κ1) is 17.9. The van der Waals surface area contributed by atoms with Gasteiger partial charge in [-0.3, -0.25) is 4.90 Å². The van der Waals surface area contributed by atoms with Crippen LogP contribution in [0.1, 0.15) is 36.2 Å². The van der Waals surface area contributed by atoms with Gasteiger partial charge in [0.25, 0.3) is 0 Å². The van der Waals surface area contributed by atoms with Crippen LogP contribution in [0.4, 0.5) is 0 Å². The molecule has 1 saturated heterocycles. The lowest BCUT2D eigenvalue weighted by Gasteiger charge is -2.29. The molecule has 142 valence electrons. The molecule has 0 radical (unpaired) electrons. The molecule has 1 aromatic carbocycles. The molecule has 7 nitrogen and oxygen atoms in total. The van der Waals surface area contributed by atoms with Crippen LogP contribution in [0.2, 0.25) is 0 Å². The molecule has 7 heteroatoms. The minimum absolute atomic E-state index is 0.263. The van der Waals surface area contributed by atoms with Gasteiger partial charge in [-0.25, -0.2) is 0 Å². The maximum Gasteiger partial charge on any atom is 0.231 e. The van der Waals surface area contributed by atoms with Gasteiger partial charge < -0.3 is 13.8 Å². The van der Waals surface area contributed by atoms with E-state index < -0.39 is 0 Å². The van der Waals surface area contributed by atoms with Crippen LogP contribution in [0.15, 0.2) is 45.4 Å². The van der Waals surface area contributed by atoms with Gasteiger partial charge in [0, 0.05) is 31.7 Å². The van der Waals surface area contributed by atoms with Gasteiger partial charge in [-0.2, -0.15) is 4.98 Å². The van der Waals surface area contributed by atoms with Crippen molar-refractivity contribution in [1.29, 1.82) is 0 Å². The summed E-state index contributed by atoms with van der Waals surface area (Å²) in [6.45, 7) is 3.25. The Bertz CT molecular complexity index is 846. The number of piperidine rings is 1. The highest BCUT2D eigenvalue weighted by Crippen LogP contribution is 2.27. The first-order chi connectivity index (χ1) is 13.3. The molecular weight excluding hydrogens is 344 g/mol. The monoisotopic (exact) mass is 368 g/mol. The number of rotatable bonds is 7. The zero-order valence-corrected chi connectivity index (χ0v) is 15.5. The predicted octanol–water partition coefficient (Wildman–Crippen LogP) is 3.29. The summed E-state index contributed by atoms with van der Waals surface area (Å²) < 4.78 is 16.1. The second-order valence-corrected chi connectivity index (χ2v) is 6.91. The van der Waals surface area contributed by atoms with E-state index in [4.69, 9.17) is 13.8 Å². The van der Waals surface area contributed by atoms with Crippen molar-refractivity contribution in [3.8, 4) is 11.3 Å². The molecule has 27 heavy (non-hydrogen) atoms. The Morgan fingerprint density at radius 1 is 1.19 bits per heavy atom. The zero-order chi connectivity index (χ0) is 18.5. The minimum atomic E-state index is 0.263. The summed E-state index contributed by atoms with van der Waals surface area (Å²) in [5.41, 5.74) is 1.94. The molecule has 3 aromatic rings. The van der Waals surface area contributed by atoms with Crippen molar-refractivity contribution in [1.82, 2.24) is 20.2 Å². The molecule has 1 aliphatic heterocycles. The number of aromatic nitrogens is 3.